The van der Waals surface area contributed by atoms with Gasteiger partial charge in [0.2, 0.25) is 5.88 Å². The van der Waals surface area contributed by atoms with E-state index in [-0.39, 0.29) is 5.91 Å². The summed E-state index contributed by atoms with van der Waals surface area (Å²) < 4.78 is 10.9. The molecule has 2 aromatic rings. The number of rotatable bonds is 3. The molecule has 1 heterocycles. The van der Waals surface area contributed by atoms with Gasteiger partial charge in [-0.1, -0.05) is 21.1 Å². The van der Waals surface area contributed by atoms with Gasteiger partial charge in [0.05, 0.1) is 18.4 Å². The number of nitrogens with zero attached hydrogens (tertiary/aromatic N) is 1. The molecular weight excluding hydrogens is 300 g/mol. The van der Waals surface area contributed by atoms with Gasteiger partial charge in [-0.2, -0.15) is 0 Å². The smallest absolute Gasteiger partial charge is 0.261 e. The Balaban J connectivity index is 2.23. The molecule has 6 heteroatoms. The van der Waals surface area contributed by atoms with Gasteiger partial charge in [0.1, 0.15) is 5.75 Å². The minimum atomic E-state index is -0.310. The number of hydrogen-bond acceptors (Lipinski definition) is 4. The van der Waals surface area contributed by atoms with Crippen LogP contribution in [0.5, 0.6) is 5.75 Å². The van der Waals surface area contributed by atoms with E-state index in [1.807, 2.05) is 0 Å². The molecule has 0 radical (unpaired) electrons. The van der Waals surface area contributed by atoms with Gasteiger partial charge in [-0.15, -0.1) is 0 Å². The molecule has 0 saturated heterocycles. The second-order valence-electron chi connectivity index (χ2n) is 3.63. The molecule has 0 spiro atoms. The highest BCUT2D eigenvalue weighted by molar-refractivity contribution is 9.10. The number of aryl methyl sites for hydroxylation is 1. The van der Waals surface area contributed by atoms with E-state index < -0.39 is 0 Å². The molecule has 1 N–H and O–H groups in total. The molecule has 0 saturated carbocycles. The maximum absolute atomic E-state index is 12.0. The molecule has 18 heavy (non-hydrogen) atoms. The van der Waals surface area contributed by atoms with E-state index in [2.05, 4.69) is 26.4 Å². The number of benzene rings is 1. The molecule has 0 atom stereocenters. The summed E-state index contributed by atoms with van der Waals surface area (Å²) in [5.74, 6) is 0.482. The first kappa shape index (κ1) is 12.6. The fourth-order valence-electron chi connectivity index (χ4n) is 1.45. The zero-order valence-electron chi connectivity index (χ0n) is 9.86. The first-order chi connectivity index (χ1) is 8.60. The minimum Gasteiger partial charge on any atom is -0.496 e. The highest BCUT2D eigenvalue weighted by Crippen LogP contribution is 2.24. The lowest BCUT2D eigenvalue weighted by molar-refractivity contribution is 0.102. The lowest BCUT2D eigenvalue weighted by Crippen LogP contribution is -2.12. The number of methoxy groups -OCH3 is 1. The largest absolute Gasteiger partial charge is 0.496 e. The molecule has 0 aliphatic heterocycles. The van der Waals surface area contributed by atoms with Gasteiger partial charge in [0, 0.05) is 10.5 Å². The second-order valence-corrected chi connectivity index (χ2v) is 4.55. The van der Waals surface area contributed by atoms with Gasteiger partial charge in [-0.3, -0.25) is 10.1 Å². The van der Waals surface area contributed by atoms with Gasteiger partial charge >= 0.3 is 0 Å². The van der Waals surface area contributed by atoms with Crippen LogP contribution in [0.1, 0.15) is 16.1 Å². The Labute approximate surface area is 112 Å². The summed E-state index contributed by atoms with van der Waals surface area (Å²) in [6.07, 6.45) is 0. The van der Waals surface area contributed by atoms with Crippen molar-refractivity contribution in [2.45, 2.75) is 6.92 Å². The quantitative estimate of drug-likeness (QED) is 0.946. The third kappa shape index (κ3) is 2.70. The van der Waals surface area contributed by atoms with Crippen LogP contribution in [0.15, 0.2) is 33.3 Å². The van der Waals surface area contributed by atoms with E-state index in [1.165, 1.54) is 7.11 Å². The Morgan fingerprint density at radius 3 is 2.83 bits per heavy atom. The summed E-state index contributed by atoms with van der Waals surface area (Å²) in [5, 5.41) is 6.30. The molecule has 94 valence electrons. The predicted octanol–water partition coefficient (Wildman–Crippen LogP) is 3.01. The minimum absolute atomic E-state index is 0.308. The molecule has 1 aromatic carbocycles. The van der Waals surface area contributed by atoms with Crippen molar-refractivity contribution in [2.24, 2.45) is 0 Å². The summed E-state index contributed by atoms with van der Waals surface area (Å²) in [4.78, 5) is 12.0. The van der Waals surface area contributed by atoms with Gasteiger partial charge in [0.15, 0.2) is 0 Å². The van der Waals surface area contributed by atoms with Crippen LogP contribution in [0.2, 0.25) is 0 Å². The molecule has 0 unspecified atom stereocenters. The van der Waals surface area contributed by atoms with E-state index >= 15 is 0 Å². The average Bonchev–Trinajstić information content (AvgIpc) is 2.74. The van der Waals surface area contributed by atoms with Crippen molar-refractivity contribution in [3.63, 3.8) is 0 Å². The van der Waals surface area contributed by atoms with Crippen LogP contribution in [-0.2, 0) is 0 Å². The zero-order chi connectivity index (χ0) is 13.1. The van der Waals surface area contributed by atoms with E-state index in [1.54, 1.807) is 31.2 Å². The lowest BCUT2D eigenvalue weighted by Gasteiger charge is -2.07. The molecule has 0 aliphatic rings. The van der Waals surface area contributed by atoms with E-state index in [4.69, 9.17) is 9.26 Å². The fraction of sp³-hybridized carbons (Fsp3) is 0.167. The predicted molar refractivity (Wildman–Crippen MR) is 69.9 cm³/mol. The maximum atomic E-state index is 12.0. The van der Waals surface area contributed by atoms with Crippen molar-refractivity contribution in [3.8, 4) is 5.75 Å². The number of nitrogens with one attached hydrogen (secondary N) is 1. The van der Waals surface area contributed by atoms with Gasteiger partial charge in [-0.25, -0.2) is 0 Å². The first-order valence-corrected chi connectivity index (χ1v) is 5.97. The highest BCUT2D eigenvalue weighted by Gasteiger charge is 2.14. The van der Waals surface area contributed by atoms with Crippen LogP contribution >= 0.6 is 15.9 Å². The summed E-state index contributed by atoms with van der Waals surface area (Å²) >= 11 is 3.32. The van der Waals surface area contributed by atoms with E-state index in [9.17, 15) is 4.79 Å². The van der Waals surface area contributed by atoms with Crippen molar-refractivity contribution >= 4 is 27.7 Å². The number of carbonyl (C=O) groups excluding carboxylic acids is 1. The molecule has 0 fully saturated rings. The van der Waals surface area contributed by atoms with Crippen molar-refractivity contribution in [1.29, 1.82) is 0 Å². The number of aromatic nitrogens is 1. The van der Waals surface area contributed by atoms with E-state index in [0.29, 0.717) is 22.9 Å². The number of amides is 1. The third-order valence-corrected chi connectivity index (χ3v) is 2.77. The summed E-state index contributed by atoms with van der Waals surface area (Å²) in [5.41, 5.74) is 1.13. The monoisotopic (exact) mass is 310 g/mol. The molecule has 1 amide bonds. The van der Waals surface area contributed by atoms with Gasteiger partial charge < -0.3 is 9.26 Å². The first-order valence-electron chi connectivity index (χ1n) is 5.18. The van der Waals surface area contributed by atoms with Crippen LogP contribution < -0.4 is 10.1 Å². The van der Waals surface area contributed by atoms with Crippen molar-refractivity contribution < 1.29 is 14.1 Å². The Hall–Kier alpha value is -1.82. The molecular formula is C12H11BrN2O3. The van der Waals surface area contributed by atoms with Crippen LogP contribution in [0.4, 0.5) is 5.88 Å². The summed E-state index contributed by atoms with van der Waals surface area (Å²) in [6, 6.07) is 6.80. The summed E-state index contributed by atoms with van der Waals surface area (Å²) in [6.45, 7) is 1.78. The number of hydrogen-bond donors (Lipinski definition) is 1. The van der Waals surface area contributed by atoms with Crippen molar-refractivity contribution in [1.82, 2.24) is 5.16 Å². The van der Waals surface area contributed by atoms with E-state index in [0.717, 1.165) is 4.47 Å². The van der Waals surface area contributed by atoms with Crippen LogP contribution in [0, 0.1) is 6.92 Å². The number of halogens is 1. The van der Waals surface area contributed by atoms with Crippen LogP contribution in [0.25, 0.3) is 0 Å². The number of ether oxygens (including phenoxy) is 1. The van der Waals surface area contributed by atoms with Crippen LogP contribution in [0.3, 0.4) is 0 Å². The molecule has 5 nitrogen and oxygen atoms in total. The molecule has 2 rings (SSSR count). The topological polar surface area (TPSA) is 64.4 Å². The zero-order valence-corrected chi connectivity index (χ0v) is 11.4. The SMILES string of the molecule is COc1cc(Br)ccc1C(=O)Nc1cc(C)no1. The standard InChI is InChI=1S/C12H11BrN2O3/c1-7-5-11(18-15-7)14-12(16)9-4-3-8(13)6-10(9)17-2/h3-6H,1-2H3,(H,14,16). The summed E-state index contributed by atoms with van der Waals surface area (Å²) in [7, 11) is 1.51. The van der Waals surface area contributed by atoms with Crippen LogP contribution in [-0.4, -0.2) is 18.2 Å². The normalized spacial score (nSPS) is 10.2. The third-order valence-electron chi connectivity index (χ3n) is 2.27. The highest BCUT2D eigenvalue weighted by atomic mass is 79.9. The van der Waals surface area contributed by atoms with Crippen molar-refractivity contribution in [3.05, 3.63) is 40.0 Å². The maximum Gasteiger partial charge on any atom is 0.261 e. The Bertz CT molecular complexity index is 580. The fourth-order valence-corrected chi connectivity index (χ4v) is 1.79. The van der Waals surface area contributed by atoms with Gasteiger partial charge in [-0.05, 0) is 25.1 Å². The lowest BCUT2D eigenvalue weighted by atomic mass is 10.2. The Morgan fingerprint density at radius 1 is 1.44 bits per heavy atom. The Morgan fingerprint density at radius 2 is 2.22 bits per heavy atom. The number of anilines is 1. The second kappa shape index (κ2) is 5.22. The number of carbonyl (C=O) groups is 1. The molecule has 0 aliphatic carbocycles. The molecule has 0 bridgehead atoms. The molecule has 1 aromatic heterocycles. The van der Waals surface area contributed by atoms with Gasteiger partial charge in [0.25, 0.3) is 5.91 Å². The Kier molecular flexibility index (Phi) is 3.66. The van der Waals surface area contributed by atoms with Crippen molar-refractivity contribution in [2.75, 3.05) is 12.4 Å². The average molecular weight is 311 g/mol.